The first-order valence-corrected chi connectivity index (χ1v) is 7.61. The molecule has 0 bridgehead atoms. The summed E-state index contributed by atoms with van der Waals surface area (Å²) in [7, 11) is 0. The molecule has 0 saturated carbocycles. The van der Waals surface area contributed by atoms with Crippen LogP contribution in [0.25, 0.3) is 10.6 Å². The molecule has 0 aliphatic carbocycles. The molecule has 0 saturated heterocycles. The fraction of sp³-hybridized carbons (Fsp3) is 0.357. The highest BCUT2D eigenvalue weighted by Gasteiger charge is 2.11. The van der Waals surface area contributed by atoms with Crippen LogP contribution in [0.5, 0.6) is 0 Å². The molecule has 1 N–H and O–H groups in total. The van der Waals surface area contributed by atoms with Crippen molar-refractivity contribution in [3.8, 4) is 10.6 Å². The van der Waals surface area contributed by atoms with Gasteiger partial charge >= 0.3 is 0 Å². The second kappa shape index (κ2) is 5.69. The molecule has 0 fully saturated rings. The Hall–Kier alpha value is -0.780. The summed E-state index contributed by atoms with van der Waals surface area (Å²) in [5.41, 5.74) is 0.880. The maximum atomic E-state index is 13.4. The second-order valence-electron chi connectivity index (χ2n) is 5.39. The zero-order valence-corrected chi connectivity index (χ0v) is 13.5. The van der Waals surface area contributed by atoms with Crippen molar-refractivity contribution in [1.29, 1.82) is 0 Å². The van der Waals surface area contributed by atoms with Gasteiger partial charge in [0.15, 0.2) is 0 Å². The van der Waals surface area contributed by atoms with Crippen molar-refractivity contribution in [2.45, 2.75) is 32.9 Å². The van der Waals surface area contributed by atoms with Gasteiger partial charge < -0.3 is 5.32 Å². The van der Waals surface area contributed by atoms with E-state index >= 15 is 0 Å². The van der Waals surface area contributed by atoms with Gasteiger partial charge in [-0.15, -0.1) is 11.3 Å². The molecule has 2 aromatic rings. The number of thiazole rings is 1. The van der Waals surface area contributed by atoms with Crippen molar-refractivity contribution in [3.63, 3.8) is 0 Å². The number of nitrogens with one attached hydrogen (secondary N) is 1. The van der Waals surface area contributed by atoms with Crippen molar-refractivity contribution in [1.82, 2.24) is 10.3 Å². The Balaban J connectivity index is 2.16. The molecular formula is C14H16BrFN2S. The van der Waals surface area contributed by atoms with Gasteiger partial charge in [0.1, 0.15) is 10.8 Å². The third kappa shape index (κ3) is 4.37. The SMILES string of the molecule is CC(C)(C)NCc1cnc(-c2cc(F)cc(Br)c2)s1. The molecule has 0 aliphatic heterocycles. The number of hydrogen-bond acceptors (Lipinski definition) is 3. The van der Waals surface area contributed by atoms with Crippen LogP contribution in [-0.4, -0.2) is 10.5 Å². The van der Waals surface area contributed by atoms with Gasteiger partial charge in [-0.25, -0.2) is 9.37 Å². The summed E-state index contributed by atoms with van der Waals surface area (Å²) in [5, 5.41) is 4.25. The van der Waals surface area contributed by atoms with Gasteiger partial charge in [-0.3, -0.25) is 0 Å². The molecule has 0 spiro atoms. The van der Waals surface area contributed by atoms with Crippen molar-refractivity contribution >= 4 is 27.3 Å². The van der Waals surface area contributed by atoms with Crippen LogP contribution >= 0.6 is 27.3 Å². The van der Waals surface area contributed by atoms with E-state index in [1.807, 2.05) is 12.3 Å². The molecule has 0 atom stereocenters. The number of benzene rings is 1. The van der Waals surface area contributed by atoms with E-state index in [1.165, 1.54) is 12.1 Å². The highest BCUT2D eigenvalue weighted by Crippen LogP contribution is 2.28. The van der Waals surface area contributed by atoms with E-state index in [0.717, 1.165) is 26.5 Å². The van der Waals surface area contributed by atoms with Gasteiger partial charge in [-0.05, 0) is 39.0 Å². The van der Waals surface area contributed by atoms with Gasteiger partial charge in [-0.1, -0.05) is 15.9 Å². The quantitative estimate of drug-likeness (QED) is 0.881. The summed E-state index contributed by atoms with van der Waals surface area (Å²) in [6.45, 7) is 7.15. The molecule has 0 radical (unpaired) electrons. The molecular weight excluding hydrogens is 327 g/mol. The highest BCUT2D eigenvalue weighted by molar-refractivity contribution is 9.10. The zero-order chi connectivity index (χ0) is 14.0. The van der Waals surface area contributed by atoms with E-state index < -0.39 is 0 Å². The Morgan fingerprint density at radius 3 is 2.68 bits per heavy atom. The fourth-order valence-electron chi connectivity index (χ4n) is 1.55. The lowest BCUT2D eigenvalue weighted by molar-refractivity contribution is 0.426. The first kappa shape index (κ1) is 14.6. The van der Waals surface area contributed by atoms with Crippen molar-refractivity contribution in [2.75, 3.05) is 0 Å². The van der Waals surface area contributed by atoms with Gasteiger partial charge in [0, 0.05) is 33.2 Å². The van der Waals surface area contributed by atoms with Crippen molar-refractivity contribution < 1.29 is 4.39 Å². The molecule has 1 aromatic heterocycles. The Labute approximate surface area is 125 Å². The molecule has 0 aliphatic rings. The second-order valence-corrected chi connectivity index (χ2v) is 7.42. The van der Waals surface area contributed by atoms with E-state index in [4.69, 9.17) is 0 Å². The maximum Gasteiger partial charge on any atom is 0.125 e. The summed E-state index contributed by atoms with van der Waals surface area (Å²) in [5.74, 6) is -0.256. The van der Waals surface area contributed by atoms with Crippen LogP contribution in [0.1, 0.15) is 25.6 Å². The third-order valence-electron chi connectivity index (χ3n) is 2.46. The lowest BCUT2D eigenvalue weighted by Gasteiger charge is -2.19. The van der Waals surface area contributed by atoms with Crippen LogP contribution in [0.15, 0.2) is 28.9 Å². The topological polar surface area (TPSA) is 24.9 Å². The minimum Gasteiger partial charge on any atom is -0.307 e. The van der Waals surface area contributed by atoms with E-state index in [1.54, 1.807) is 11.3 Å². The van der Waals surface area contributed by atoms with Gasteiger partial charge in [0.2, 0.25) is 0 Å². The van der Waals surface area contributed by atoms with Gasteiger partial charge in [-0.2, -0.15) is 0 Å². The number of nitrogens with zero attached hydrogens (tertiary/aromatic N) is 1. The molecule has 1 heterocycles. The van der Waals surface area contributed by atoms with E-state index in [0.29, 0.717) is 0 Å². The third-order valence-corrected chi connectivity index (χ3v) is 3.96. The monoisotopic (exact) mass is 342 g/mol. The first-order valence-electron chi connectivity index (χ1n) is 6.00. The van der Waals surface area contributed by atoms with E-state index in [9.17, 15) is 4.39 Å². The summed E-state index contributed by atoms with van der Waals surface area (Å²) in [6, 6.07) is 4.83. The smallest absolute Gasteiger partial charge is 0.125 e. The number of hydrogen-bond donors (Lipinski definition) is 1. The van der Waals surface area contributed by atoms with E-state index in [-0.39, 0.29) is 11.4 Å². The standard InChI is InChI=1S/C14H16BrFN2S/c1-14(2,3)18-8-12-7-17-13(19-12)9-4-10(15)6-11(16)5-9/h4-7,18H,8H2,1-3H3. The van der Waals surface area contributed by atoms with Crippen LogP contribution in [0.3, 0.4) is 0 Å². The largest absolute Gasteiger partial charge is 0.307 e. The molecule has 2 nitrogen and oxygen atoms in total. The Morgan fingerprint density at radius 2 is 2.05 bits per heavy atom. The minimum atomic E-state index is -0.256. The lowest BCUT2D eigenvalue weighted by Crippen LogP contribution is -2.34. The number of aromatic nitrogens is 1. The average molecular weight is 343 g/mol. The molecule has 2 rings (SSSR count). The molecule has 0 amide bonds. The number of rotatable bonds is 3. The highest BCUT2D eigenvalue weighted by atomic mass is 79.9. The maximum absolute atomic E-state index is 13.4. The summed E-state index contributed by atoms with van der Waals surface area (Å²) >= 11 is 4.88. The Kier molecular flexibility index (Phi) is 4.38. The van der Waals surface area contributed by atoms with Crippen molar-refractivity contribution in [2.24, 2.45) is 0 Å². The predicted octanol–water partition coefficient (Wildman–Crippen LogP) is 4.60. The molecule has 0 unspecified atom stereocenters. The van der Waals surface area contributed by atoms with Crippen LogP contribution in [0, 0.1) is 5.82 Å². The van der Waals surface area contributed by atoms with E-state index in [2.05, 4.69) is 47.0 Å². The Morgan fingerprint density at radius 1 is 1.32 bits per heavy atom. The number of halogens is 2. The first-order chi connectivity index (χ1) is 8.83. The van der Waals surface area contributed by atoms with Crippen LogP contribution < -0.4 is 5.32 Å². The molecule has 5 heteroatoms. The van der Waals surface area contributed by atoms with Gasteiger partial charge in [0.05, 0.1) is 0 Å². The van der Waals surface area contributed by atoms with Gasteiger partial charge in [0.25, 0.3) is 0 Å². The fourth-order valence-corrected chi connectivity index (χ4v) is 2.86. The zero-order valence-electron chi connectivity index (χ0n) is 11.1. The molecule has 19 heavy (non-hydrogen) atoms. The van der Waals surface area contributed by atoms with Crippen LogP contribution in [0.2, 0.25) is 0 Å². The summed E-state index contributed by atoms with van der Waals surface area (Å²) < 4.78 is 14.1. The summed E-state index contributed by atoms with van der Waals surface area (Å²) in [4.78, 5) is 5.50. The van der Waals surface area contributed by atoms with Crippen LogP contribution in [-0.2, 0) is 6.54 Å². The average Bonchev–Trinajstić information content (AvgIpc) is 2.72. The van der Waals surface area contributed by atoms with Crippen LogP contribution in [0.4, 0.5) is 4.39 Å². The summed E-state index contributed by atoms with van der Waals surface area (Å²) in [6.07, 6.45) is 1.84. The predicted molar refractivity (Wildman–Crippen MR) is 81.8 cm³/mol. The minimum absolute atomic E-state index is 0.0754. The molecule has 1 aromatic carbocycles. The lowest BCUT2D eigenvalue weighted by atomic mass is 10.1. The normalized spacial score (nSPS) is 11.8. The van der Waals surface area contributed by atoms with Crippen molar-refractivity contribution in [3.05, 3.63) is 39.6 Å². The Bertz CT molecular complexity index is 555. The molecule has 102 valence electrons.